The largest absolute Gasteiger partial charge is 0.493 e. The predicted molar refractivity (Wildman–Crippen MR) is 191 cm³/mol. The lowest BCUT2D eigenvalue weighted by Gasteiger charge is -2.40. The first kappa shape index (κ1) is 35.4. The minimum atomic E-state index is -0.500. The number of methoxy groups -OCH3 is 1. The third kappa shape index (κ3) is 8.56. The van der Waals surface area contributed by atoms with Crippen LogP contribution in [-0.4, -0.2) is 70.3 Å². The lowest BCUT2D eigenvalue weighted by atomic mass is 9.93. The van der Waals surface area contributed by atoms with Crippen LogP contribution in [0.5, 0.6) is 5.75 Å². The zero-order valence-electron chi connectivity index (χ0n) is 29.1. The second-order valence-corrected chi connectivity index (χ2v) is 14.2. The summed E-state index contributed by atoms with van der Waals surface area (Å²) in [7, 11) is 1.41. The fraction of sp³-hybridized carbons (Fsp3) is 0.447. The topological polar surface area (TPSA) is 98.4 Å². The Bertz CT molecular complexity index is 1800. The van der Waals surface area contributed by atoms with E-state index in [1.807, 2.05) is 36.6 Å². The number of carbonyl (C=O) groups is 1. The molecule has 5 heterocycles. The Balaban J connectivity index is 0.000000840. The van der Waals surface area contributed by atoms with E-state index in [0.717, 1.165) is 88.8 Å². The first-order valence-corrected chi connectivity index (χ1v) is 16.9. The van der Waals surface area contributed by atoms with Crippen LogP contribution in [0, 0.1) is 13.8 Å². The molecular formula is C38H47ClN4O5. The quantitative estimate of drug-likeness (QED) is 0.172. The van der Waals surface area contributed by atoms with Crippen molar-refractivity contribution in [2.24, 2.45) is 0 Å². The van der Waals surface area contributed by atoms with Crippen LogP contribution >= 0.6 is 11.6 Å². The highest BCUT2D eigenvalue weighted by Crippen LogP contribution is 2.38. The molecule has 0 radical (unpaired) electrons. The van der Waals surface area contributed by atoms with Crippen LogP contribution in [0.1, 0.15) is 63.8 Å². The number of anilines is 1. The van der Waals surface area contributed by atoms with E-state index in [0.29, 0.717) is 18.2 Å². The summed E-state index contributed by atoms with van der Waals surface area (Å²) in [6, 6.07) is 14.3. The smallest absolute Gasteiger partial charge is 0.310 e. The van der Waals surface area contributed by atoms with Crippen LogP contribution in [-0.2, 0) is 20.7 Å². The molecule has 10 heteroatoms. The van der Waals surface area contributed by atoms with Crippen molar-refractivity contribution in [1.29, 1.82) is 0 Å². The van der Waals surface area contributed by atoms with Gasteiger partial charge in [-0.05, 0) is 90.1 Å². The van der Waals surface area contributed by atoms with Gasteiger partial charge in [-0.15, -0.1) is 0 Å². The number of benzene rings is 2. The number of carbonyl (C=O) groups excluding carboxylic acids is 1. The van der Waals surface area contributed by atoms with Crippen molar-refractivity contribution in [2.75, 3.05) is 38.3 Å². The molecule has 9 nitrogen and oxygen atoms in total. The SMILES string of the molecule is CC(C)(C)O.COC(=O)Cc1c(C)nc2cc3nn2c1N1CCC(C)(CC1)OC/C=C/CCOc1cc(Cl)c(C)cc1-c1cccc-3c1. The zero-order valence-corrected chi connectivity index (χ0v) is 29.9. The van der Waals surface area contributed by atoms with Gasteiger partial charge in [0.1, 0.15) is 11.6 Å². The molecule has 1 saturated heterocycles. The van der Waals surface area contributed by atoms with Gasteiger partial charge in [0.05, 0.1) is 43.6 Å². The third-order valence-electron chi connectivity index (χ3n) is 8.52. The highest BCUT2D eigenvalue weighted by Gasteiger charge is 2.33. The number of ether oxygens (including phenoxy) is 3. The summed E-state index contributed by atoms with van der Waals surface area (Å²) in [5, 5.41) is 14.3. The monoisotopic (exact) mass is 674 g/mol. The fourth-order valence-electron chi connectivity index (χ4n) is 5.89. The molecule has 0 atom stereocenters. The van der Waals surface area contributed by atoms with Crippen molar-refractivity contribution in [1.82, 2.24) is 14.6 Å². The summed E-state index contributed by atoms with van der Waals surface area (Å²) < 4.78 is 19.6. The summed E-state index contributed by atoms with van der Waals surface area (Å²) in [5.74, 6) is 1.32. The normalized spacial score (nSPS) is 16.8. The van der Waals surface area contributed by atoms with E-state index in [-0.39, 0.29) is 18.0 Å². The van der Waals surface area contributed by atoms with E-state index in [4.69, 9.17) is 41.0 Å². The number of aryl methyl sites for hydroxylation is 2. The Labute approximate surface area is 288 Å². The van der Waals surface area contributed by atoms with Gasteiger partial charge < -0.3 is 24.2 Å². The molecule has 0 saturated carbocycles. The average Bonchev–Trinajstić information content (AvgIpc) is 3.45. The van der Waals surface area contributed by atoms with Gasteiger partial charge in [-0.25, -0.2) is 4.98 Å². The molecule has 2 aromatic carbocycles. The molecule has 1 N–H and O–H groups in total. The predicted octanol–water partition coefficient (Wildman–Crippen LogP) is 7.54. The number of piperidine rings is 1. The molecule has 0 spiro atoms. The molecule has 3 aliphatic heterocycles. The van der Waals surface area contributed by atoms with Gasteiger partial charge in [0.15, 0.2) is 5.65 Å². The second-order valence-electron chi connectivity index (χ2n) is 13.8. The summed E-state index contributed by atoms with van der Waals surface area (Å²) in [6.45, 7) is 14.0. The maximum atomic E-state index is 12.5. The minimum absolute atomic E-state index is 0.124. The number of halogens is 1. The van der Waals surface area contributed by atoms with Crippen molar-refractivity contribution in [3.05, 3.63) is 76.5 Å². The number of aliphatic hydroxyl groups is 1. The van der Waals surface area contributed by atoms with E-state index >= 15 is 0 Å². The van der Waals surface area contributed by atoms with E-state index < -0.39 is 5.60 Å². The Morgan fingerprint density at radius 2 is 1.79 bits per heavy atom. The summed E-state index contributed by atoms with van der Waals surface area (Å²) in [4.78, 5) is 19.7. The molecule has 3 aliphatic rings. The van der Waals surface area contributed by atoms with E-state index in [1.54, 1.807) is 20.8 Å². The van der Waals surface area contributed by atoms with E-state index in [2.05, 4.69) is 48.2 Å². The number of rotatable bonds is 2. The summed E-state index contributed by atoms with van der Waals surface area (Å²) in [6.07, 6.45) is 6.75. The maximum absolute atomic E-state index is 12.5. The molecule has 4 aromatic rings. The molecule has 7 rings (SSSR count). The third-order valence-corrected chi connectivity index (χ3v) is 8.92. The van der Waals surface area contributed by atoms with Crippen molar-refractivity contribution in [3.8, 4) is 28.1 Å². The van der Waals surface area contributed by atoms with Crippen molar-refractivity contribution < 1.29 is 24.1 Å². The highest BCUT2D eigenvalue weighted by molar-refractivity contribution is 6.31. The Morgan fingerprint density at radius 3 is 2.50 bits per heavy atom. The Morgan fingerprint density at radius 1 is 1.08 bits per heavy atom. The van der Waals surface area contributed by atoms with Crippen molar-refractivity contribution >= 4 is 29.0 Å². The maximum Gasteiger partial charge on any atom is 0.310 e. The average molecular weight is 675 g/mol. The van der Waals surface area contributed by atoms with Crippen LogP contribution < -0.4 is 9.64 Å². The zero-order chi connectivity index (χ0) is 34.6. The van der Waals surface area contributed by atoms with Crippen LogP contribution in [0.25, 0.3) is 28.0 Å². The molecule has 0 amide bonds. The number of fused-ring (bicyclic) bond motifs is 7. The lowest BCUT2D eigenvalue weighted by Crippen LogP contribution is -2.45. The second kappa shape index (κ2) is 14.7. The van der Waals surface area contributed by atoms with Crippen LogP contribution in [0.4, 0.5) is 5.82 Å². The van der Waals surface area contributed by atoms with E-state index in [9.17, 15) is 4.79 Å². The standard InChI is InChI=1S/C34H37ClN4O4.C4H10O/c1-22-17-27-24-9-8-10-25(18-24)29-21-31-36-23(2)26(19-32(40)41-4)33(39(31)37-29)38-13-11-34(3,12-14-38)43-16-7-5-6-15-42-30(27)20-28(22)35;1-4(2,3)5/h5,7-10,17-18,20-21H,6,11-16,19H2,1-4H3;5H,1-3H3/b7-5+;. The first-order valence-electron chi connectivity index (χ1n) is 16.5. The molecular weight excluding hydrogens is 628 g/mol. The van der Waals surface area contributed by atoms with Crippen LogP contribution in [0.2, 0.25) is 5.02 Å². The van der Waals surface area contributed by atoms with Gasteiger partial charge in [0.25, 0.3) is 0 Å². The van der Waals surface area contributed by atoms with Crippen LogP contribution in [0.15, 0.2) is 54.6 Å². The highest BCUT2D eigenvalue weighted by atomic mass is 35.5. The molecule has 1 fully saturated rings. The number of aromatic nitrogens is 3. The summed E-state index contributed by atoms with van der Waals surface area (Å²) in [5.41, 5.74) is 6.32. The molecule has 0 aliphatic carbocycles. The number of hydrogen-bond acceptors (Lipinski definition) is 8. The van der Waals surface area contributed by atoms with Gasteiger partial charge in [-0.3, -0.25) is 4.79 Å². The number of esters is 1. The first-order chi connectivity index (χ1) is 22.7. The Kier molecular flexibility index (Phi) is 10.8. The number of hydrogen-bond donors (Lipinski definition) is 1. The summed E-state index contributed by atoms with van der Waals surface area (Å²) >= 11 is 6.52. The molecule has 256 valence electrons. The fourth-order valence-corrected chi connectivity index (χ4v) is 6.04. The lowest BCUT2D eigenvalue weighted by molar-refractivity contribution is -0.139. The van der Waals surface area contributed by atoms with Gasteiger partial charge in [0, 0.05) is 46.6 Å². The van der Waals surface area contributed by atoms with E-state index in [1.165, 1.54) is 7.11 Å². The van der Waals surface area contributed by atoms with Gasteiger partial charge in [0.2, 0.25) is 0 Å². The number of nitrogens with zero attached hydrogens (tertiary/aromatic N) is 4. The van der Waals surface area contributed by atoms with Crippen LogP contribution in [0.3, 0.4) is 0 Å². The van der Waals surface area contributed by atoms with Gasteiger partial charge in [-0.1, -0.05) is 42.0 Å². The van der Waals surface area contributed by atoms with Crippen molar-refractivity contribution in [2.45, 2.75) is 78.4 Å². The molecule has 6 bridgehead atoms. The van der Waals surface area contributed by atoms with Crippen molar-refractivity contribution in [3.63, 3.8) is 0 Å². The minimum Gasteiger partial charge on any atom is -0.493 e. The Hall–Kier alpha value is -3.92. The molecule has 48 heavy (non-hydrogen) atoms. The van der Waals surface area contributed by atoms with Gasteiger partial charge in [-0.2, -0.15) is 9.61 Å². The molecule has 2 aromatic heterocycles. The molecule has 0 unspecified atom stereocenters. The van der Waals surface area contributed by atoms with Gasteiger partial charge >= 0.3 is 5.97 Å².